The molecule has 2 heterocycles. The number of rotatable bonds is 18. The standard InChI is InChI=1S/C32H58N8O2/c1-33-14-16-38(3)19-29-18-35-36-31(29)27-10-8-26(9-11-27)23-42-24-40-21-30(20-39(4)17-15-34-2)32(37-40)28-12-6-25(7-13-28)22-41-5/h18,21,25-28,33-34H,6-17,19-20,22-24H2,1-5H3,(H,35,36)/t25-,26-,27-,28+. The molecule has 3 N–H and O–H groups in total. The smallest absolute Gasteiger partial charge is 0.139 e. The highest BCUT2D eigenvalue weighted by Gasteiger charge is 2.28. The van der Waals surface area contributed by atoms with Gasteiger partial charge in [-0.25, -0.2) is 4.68 Å². The number of nitrogens with one attached hydrogen (secondary N) is 3. The van der Waals surface area contributed by atoms with Gasteiger partial charge in [0.05, 0.1) is 18.0 Å². The summed E-state index contributed by atoms with van der Waals surface area (Å²) in [4.78, 5) is 4.76. The Morgan fingerprint density at radius 2 is 1.40 bits per heavy atom. The molecule has 42 heavy (non-hydrogen) atoms. The normalized spacial score (nSPS) is 23.3. The molecule has 4 rings (SSSR count). The third-order valence-corrected chi connectivity index (χ3v) is 9.44. The number of methoxy groups -OCH3 is 1. The number of likely N-dealkylation sites (N-methyl/N-ethyl adjacent to an activating group) is 4. The molecule has 2 aliphatic rings. The highest BCUT2D eigenvalue weighted by Crippen LogP contribution is 2.38. The first-order chi connectivity index (χ1) is 20.5. The summed E-state index contributed by atoms with van der Waals surface area (Å²) in [5, 5.41) is 19.4. The quantitative estimate of drug-likeness (QED) is 0.243. The summed E-state index contributed by atoms with van der Waals surface area (Å²) in [5.74, 6) is 2.39. The Hall–Kier alpha value is -1.82. The first kappa shape index (κ1) is 33.1. The zero-order valence-electron chi connectivity index (χ0n) is 27.0. The number of nitrogens with zero attached hydrogens (tertiary/aromatic N) is 5. The van der Waals surface area contributed by atoms with Crippen molar-refractivity contribution in [1.29, 1.82) is 0 Å². The summed E-state index contributed by atoms with van der Waals surface area (Å²) in [7, 11) is 10.2. The van der Waals surface area contributed by atoms with Gasteiger partial charge in [-0.1, -0.05) is 0 Å². The van der Waals surface area contributed by atoms with Crippen LogP contribution in [0.15, 0.2) is 12.4 Å². The van der Waals surface area contributed by atoms with Gasteiger partial charge >= 0.3 is 0 Å². The van der Waals surface area contributed by atoms with Crippen LogP contribution in [-0.2, 0) is 29.3 Å². The molecule has 0 amide bonds. The maximum absolute atomic E-state index is 6.30. The fourth-order valence-electron chi connectivity index (χ4n) is 6.91. The lowest BCUT2D eigenvalue weighted by Crippen LogP contribution is -2.27. The van der Waals surface area contributed by atoms with Gasteiger partial charge in [-0.3, -0.25) is 5.10 Å². The Morgan fingerprint density at radius 3 is 2.00 bits per heavy atom. The molecule has 2 aliphatic carbocycles. The molecule has 0 radical (unpaired) electrons. The van der Waals surface area contributed by atoms with Gasteiger partial charge in [-0.15, -0.1) is 0 Å². The molecule has 2 saturated carbocycles. The minimum Gasteiger partial charge on any atom is -0.384 e. The van der Waals surface area contributed by atoms with Crippen LogP contribution >= 0.6 is 0 Å². The van der Waals surface area contributed by atoms with Crippen molar-refractivity contribution in [3.8, 4) is 0 Å². The highest BCUT2D eigenvalue weighted by atomic mass is 16.5. The second-order valence-electron chi connectivity index (χ2n) is 12.9. The average molecular weight is 587 g/mol. The van der Waals surface area contributed by atoms with Crippen molar-refractivity contribution >= 4 is 0 Å². The second-order valence-corrected chi connectivity index (χ2v) is 12.9. The fraction of sp³-hybridized carbons (Fsp3) is 0.812. The highest BCUT2D eigenvalue weighted by molar-refractivity contribution is 5.22. The van der Waals surface area contributed by atoms with Crippen molar-refractivity contribution in [2.75, 3.05) is 74.7 Å². The van der Waals surface area contributed by atoms with E-state index in [0.717, 1.165) is 52.5 Å². The summed E-state index contributed by atoms with van der Waals surface area (Å²) in [6, 6.07) is 0. The van der Waals surface area contributed by atoms with Gasteiger partial charge in [-0.2, -0.15) is 10.2 Å². The Labute approximate surface area is 254 Å². The predicted octanol–water partition coefficient (Wildman–Crippen LogP) is 3.78. The van der Waals surface area contributed by atoms with Crippen LogP contribution < -0.4 is 10.6 Å². The Morgan fingerprint density at radius 1 is 0.833 bits per heavy atom. The monoisotopic (exact) mass is 586 g/mol. The van der Waals surface area contributed by atoms with E-state index in [1.807, 2.05) is 21.2 Å². The van der Waals surface area contributed by atoms with Crippen LogP contribution in [0.3, 0.4) is 0 Å². The van der Waals surface area contributed by atoms with Gasteiger partial charge in [-0.05, 0) is 91.4 Å². The molecular weight excluding hydrogens is 528 g/mol. The van der Waals surface area contributed by atoms with Gasteiger partial charge in [0.1, 0.15) is 6.73 Å². The summed E-state index contributed by atoms with van der Waals surface area (Å²) < 4.78 is 13.8. The van der Waals surface area contributed by atoms with E-state index in [-0.39, 0.29) is 0 Å². The molecule has 0 saturated heterocycles. The molecule has 0 atom stereocenters. The molecule has 0 aliphatic heterocycles. The van der Waals surface area contributed by atoms with Crippen LogP contribution in [0.5, 0.6) is 0 Å². The van der Waals surface area contributed by atoms with E-state index < -0.39 is 0 Å². The van der Waals surface area contributed by atoms with E-state index in [2.05, 4.69) is 61.8 Å². The van der Waals surface area contributed by atoms with E-state index in [4.69, 9.17) is 14.6 Å². The largest absolute Gasteiger partial charge is 0.384 e. The second kappa shape index (κ2) is 17.5. The molecule has 0 unspecified atom stereocenters. The SMILES string of the molecule is CNCCN(C)Cc1c[nH]nc1[C@H]1CC[C@H](COCn2cc(CN(C)CCNC)c([C@H]3CC[C@@H](COC)CC3)n2)CC1. The molecule has 0 spiro atoms. The predicted molar refractivity (Wildman–Crippen MR) is 169 cm³/mol. The zero-order valence-corrected chi connectivity index (χ0v) is 27.0. The number of hydrogen-bond acceptors (Lipinski definition) is 8. The van der Waals surface area contributed by atoms with Crippen LogP contribution in [0.25, 0.3) is 0 Å². The van der Waals surface area contributed by atoms with Crippen molar-refractivity contribution in [2.45, 2.75) is 83.0 Å². The molecule has 2 aromatic heterocycles. The van der Waals surface area contributed by atoms with Crippen molar-refractivity contribution in [3.63, 3.8) is 0 Å². The minimum atomic E-state index is 0.536. The molecule has 2 aromatic rings. The Balaban J connectivity index is 1.26. The third-order valence-electron chi connectivity index (χ3n) is 9.44. The van der Waals surface area contributed by atoms with Gasteiger partial charge in [0, 0.05) is 88.3 Å². The van der Waals surface area contributed by atoms with Crippen LogP contribution in [0.1, 0.15) is 85.7 Å². The molecule has 238 valence electrons. The van der Waals surface area contributed by atoms with Crippen LogP contribution in [0.4, 0.5) is 0 Å². The molecule has 10 nitrogen and oxygen atoms in total. The number of ether oxygens (including phenoxy) is 2. The van der Waals surface area contributed by atoms with E-state index >= 15 is 0 Å². The van der Waals surface area contributed by atoms with E-state index in [1.54, 1.807) is 0 Å². The van der Waals surface area contributed by atoms with Crippen LogP contribution in [-0.4, -0.2) is 104 Å². The lowest BCUT2D eigenvalue weighted by molar-refractivity contribution is 0.0318. The summed E-state index contributed by atoms with van der Waals surface area (Å²) >= 11 is 0. The maximum atomic E-state index is 6.30. The zero-order chi connectivity index (χ0) is 29.7. The van der Waals surface area contributed by atoms with Crippen molar-refractivity contribution in [2.24, 2.45) is 11.8 Å². The molecule has 2 fully saturated rings. The summed E-state index contributed by atoms with van der Waals surface area (Å²) in [5.41, 5.74) is 5.28. The lowest BCUT2D eigenvalue weighted by Gasteiger charge is -2.28. The van der Waals surface area contributed by atoms with Crippen LogP contribution in [0, 0.1) is 11.8 Å². The summed E-state index contributed by atoms with van der Waals surface area (Å²) in [6.07, 6.45) is 14.0. The first-order valence-electron chi connectivity index (χ1n) is 16.3. The number of hydrogen-bond donors (Lipinski definition) is 3. The average Bonchev–Trinajstić information content (AvgIpc) is 3.62. The number of aromatic amines is 1. The van der Waals surface area contributed by atoms with Crippen molar-refractivity contribution in [3.05, 3.63) is 34.9 Å². The van der Waals surface area contributed by atoms with Gasteiger partial charge in [0.25, 0.3) is 0 Å². The summed E-state index contributed by atoms with van der Waals surface area (Å²) in [6.45, 7) is 8.15. The van der Waals surface area contributed by atoms with Gasteiger partial charge < -0.3 is 29.9 Å². The number of H-pyrrole nitrogens is 1. The Bertz CT molecular complexity index is 1010. The molecule has 10 heteroatoms. The fourth-order valence-corrected chi connectivity index (χ4v) is 6.91. The third kappa shape index (κ3) is 9.86. The van der Waals surface area contributed by atoms with E-state index in [0.29, 0.717) is 30.4 Å². The Kier molecular flexibility index (Phi) is 13.8. The molecular formula is C32H58N8O2. The van der Waals surface area contributed by atoms with Gasteiger partial charge in [0.15, 0.2) is 0 Å². The number of aromatic nitrogens is 4. The maximum Gasteiger partial charge on any atom is 0.139 e. The first-order valence-corrected chi connectivity index (χ1v) is 16.3. The lowest BCUT2D eigenvalue weighted by atomic mass is 9.80. The van der Waals surface area contributed by atoms with E-state index in [9.17, 15) is 0 Å². The van der Waals surface area contributed by atoms with E-state index in [1.165, 1.54) is 73.9 Å². The van der Waals surface area contributed by atoms with Crippen molar-refractivity contribution < 1.29 is 9.47 Å². The van der Waals surface area contributed by atoms with Crippen molar-refractivity contribution in [1.82, 2.24) is 40.4 Å². The molecule has 0 bridgehead atoms. The van der Waals surface area contributed by atoms with Crippen LogP contribution in [0.2, 0.25) is 0 Å². The molecule has 0 aromatic carbocycles. The minimum absolute atomic E-state index is 0.536. The topological polar surface area (TPSA) is 95.5 Å². The van der Waals surface area contributed by atoms with Gasteiger partial charge in [0.2, 0.25) is 0 Å².